The van der Waals surface area contributed by atoms with Gasteiger partial charge in [-0.25, -0.2) is 0 Å². The molecule has 1 atom stereocenters. The number of nitrogens with zero attached hydrogens (tertiary/aromatic N) is 3. The number of amides is 3. The van der Waals surface area contributed by atoms with E-state index in [0.717, 1.165) is 35.5 Å². The first-order valence-electron chi connectivity index (χ1n) is 12.4. The van der Waals surface area contributed by atoms with Crippen molar-refractivity contribution in [1.29, 1.82) is 0 Å². The van der Waals surface area contributed by atoms with Crippen molar-refractivity contribution in [3.63, 3.8) is 0 Å². The van der Waals surface area contributed by atoms with Crippen molar-refractivity contribution in [2.24, 2.45) is 5.92 Å². The van der Waals surface area contributed by atoms with Gasteiger partial charge in [0.1, 0.15) is 5.01 Å². The Morgan fingerprint density at radius 2 is 1.75 bits per heavy atom. The van der Waals surface area contributed by atoms with E-state index in [9.17, 15) is 14.4 Å². The van der Waals surface area contributed by atoms with Crippen molar-refractivity contribution in [3.8, 4) is 0 Å². The van der Waals surface area contributed by atoms with Crippen molar-refractivity contribution < 1.29 is 14.4 Å². The molecular formula is C27H31N5O3S. The van der Waals surface area contributed by atoms with Gasteiger partial charge >= 0.3 is 0 Å². The number of anilines is 3. The maximum absolute atomic E-state index is 12.7. The molecule has 0 aliphatic carbocycles. The first-order valence-corrected chi connectivity index (χ1v) is 13.2. The second kappa shape index (κ2) is 11.4. The summed E-state index contributed by atoms with van der Waals surface area (Å²) in [6.45, 7) is 6.61. The molecule has 4 rings (SSSR count). The van der Waals surface area contributed by atoms with E-state index in [1.165, 1.54) is 11.3 Å². The number of carbonyl (C=O) groups is 3. The van der Waals surface area contributed by atoms with Crippen molar-refractivity contribution in [1.82, 2.24) is 10.2 Å². The van der Waals surface area contributed by atoms with Crippen LogP contribution >= 0.6 is 11.3 Å². The average Bonchev–Trinajstić information content (AvgIpc) is 3.51. The molecule has 0 radical (unpaired) electrons. The highest BCUT2D eigenvalue weighted by Gasteiger charge is 2.34. The normalized spacial score (nSPS) is 15.4. The van der Waals surface area contributed by atoms with Crippen LogP contribution in [0.4, 0.5) is 16.5 Å². The van der Waals surface area contributed by atoms with E-state index in [4.69, 9.17) is 0 Å². The highest BCUT2D eigenvalue weighted by atomic mass is 32.1. The molecule has 36 heavy (non-hydrogen) atoms. The lowest BCUT2D eigenvalue weighted by Crippen LogP contribution is -2.25. The third-order valence-electron chi connectivity index (χ3n) is 6.57. The lowest BCUT2D eigenvalue weighted by atomic mass is 10.0. The Hall–Kier alpha value is -3.59. The molecule has 1 aliphatic rings. The molecule has 8 nitrogen and oxygen atoms in total. The Balaban J connectivity index is 1.37. The van der Waals surface area contributed by atoms with Crippen LogP contribution in [0.1, 0.15) is 66.9 Å². The maximum atomic E-state index is 12.7. The molecular weight excluding hydrogens is 474 g/mol. The lowest BCUT2D eigenvalue weighted by molar-refractivity contribution is -0.120. The van der Waals surface area contributed by atoms with Crippen LogP contribution in [-0.4, -0.2) is 34.5 Å². The quantitative estimate of drug-likeness (QED) is 0.413. The summed E-state index contributed by atoms with van der Waals surface area (Å²) in [6, 6.07) is 14.7. The van der Waals surface area contributed by atoms with Crippen molar-refractivity contribution in [2.75, 3.05) is 22.1 Å². The van der Waals surface area contributed by atoms with Crippen LogP contribution in [-0.2, 0) is 16.0 Å². The topological polar surface area (TPSA) is 104 Å². The van der Waals surface area contributed by atoms with Crippen LogP contribution in [0.5, 0.6) is 0 Å². The van der Waals surface area contributed by atoms with Crippen LogP contribution in [0.3, 0.4) is 0 Å². The summed E-state index contributed by atoms with van der Waals surface area (Å²) in [7, 11) is 0. The summed E-state index contributed by atoms with van der Waals surface area (Å²) in [4.78, 5) is 39.6. The van der Waals surface area contributed by atoms with E-state index in [0.29, 0.717) is 29.3 Å². The summed E-state index contributed by atoms with van der Waals surface area (Å²) >= 11 is 1.29. The highest BCUT2D eigenvalue weighted by Crippen LogP contribution is 2.35. The summed E-state index contributed by atoms with van der Waals surface area (Å²) < 4.78 is 0. The number of aromatic nitrogens is 2. The van der Waals surface area contributed by atoms with Crippen molar-refractivity contribution in [2.45, 2.75) is 52.4 Å². The third kappa shape index (κ3) is 5.62. The highest BCUT2D eigenvalue weighted by molar-refractivity contribution is 7.15. The molecule has 0 spiro atoms. The minimum Gasteiger partial charge on any atom is -0.326 e. The predicted octanol–water partition coefficient (Wildman–Crippen LogP) is 5.25. The Morgan fingerprint density at radius 1 is 1.03 bits per heavy atom. The molecule has 2 heterocycles. The molecule has 0 bridgehead atoms. The SMILES string of the molecule is CCc1ccccc1N1CC(c2nnc(NC(=O)c3ccc(NC(=O)C(CC)CC)cc3)s2)CC1=O. The van der Waals surface area contributed by atoms with Crippen LogP contribution in [0.25, 0.3) is 0 Å². The van der Waals surface area contributed by atoms with E-state index in [2.05, 4.69) is 27.8 Å². The zero-order valence-electron chi connectivity index (χ0n) is 20.8. The van der Waals surface area contributed by atoms with Gasteiger partial charge in [0.2, 0.25) is 16.9 Å². The number of aryl methyl sites for hydroxylation is 1. The molecule has 1 aliphatic heterocycles. The van der Waals surface area contributed by atoms with Gasteiger partial charge in [-0.15, -0.1) is 10.2 Å². The molecule has 1 unspecified atom stereocenters. The number of hydrogen-bond acceptors (Lipinski definition) is 6. The fraction of sp³-hybridized carbons (Fsp3) is 0.370. The van der Waals surface area contributed by atoms with Gasteiger partial charge in [-0.1, -0.05) is 50.3 Å². The predicted molar refractivity (Wildman–Crippen MR) is 143 cm³/mol. The standard InChI is InChI=1S/C27H31N5O3S/c1-4-17(5-2)24(34)28-21-13-11-19(12-14-21)25(35)29-27-31-30-26(36-27)20-15-23(33)32(16-20)22-10-8-7-9-18(22)6-3/h7-14,17,20H,4-6,15-16H2,1-3H3,(H,28,34)(H,29,31,35). The van der Waals surface area contributed by atoms with Gasteiger partial charge in [-0.05, 0) is 55.2 Å². The van der Waals surface area contributed by atoms with Gasteiger partial charge in [0, 0.05) is 41.7 Å². The van der Waals surface area contributed by atoms with E-state index < -0.39 is 0 Å². The molecule has 2 N–H and O–H groups in total. The molecule has 3 aromatic rings. The zero-order valence-corrected chi connectivity index (χ0v) is 21.6. The molecule has 1 fully saturated rings. The van der Waals surface area contributed by atoms with Gasteiger partial charge in [0.25, 0.3) is 5.91 Å². The third-order valence-corrected chi connectivity index (χ3v) is 7.57. The molecule has 1 aromatic heterocycles. The fourth-order valence-electron chi connectivity index (χ4n) is 4.41. The number of hydrogen-bond donors (Lipinski definition) is 2. The van der Waals surface area contributed by atoms with Gasteiger partial charge in [0.15, 0.2) is 0 Å². The van der Waals surface area contributed by atoms with E-state index >= 15 is 0 Å². The number of nitrogens with one attached hydrogen (secondary N) is 2. The maximum Gasteiger partial charge on any atom is 0.257 e. The molecule has 3 amide bonds. The van der Waals surface area contributed by atoms with E-state index in [1.54, 1.807) is 24.3 Å². The lowest BCUT2D eigenvalue weighted by Gasteiger charge is -2.19. The summed E-state index contributed by atoms with van der Waals surface area (Å²) in [6.07, 6.45) is 2.78. The molecule has 9 heteroatoms. The van der Waals surface area contributed by atoms with Gasteiger partial charge in [0.05, 0.1) is 0 Å². The minimum absolute atomic E-state index is 0.0132. The van der Waals surface area contributed by atoms with Gasteiger partial charge in [-0.3, -0.25) is 19.7 Å². The molecule has 188 valence electrons. The van der Waals surface area contributed by atoms with Crippen LogP contribution in [0.2, 0.25) is 0 Å². The largest absolute Gasteiger partial charge is 0.326 e. The monoisotopic (exact) mass is 505 g/mol. The Kier molecular flexibility index (Phi) is 8.10. The Morgan fingerprint density at radius 3 is 2.44 bits per heavy atom. The summed E-state index contributed by atoms with van der Waals surface area (Å²) in [5.41, 5.74) is 3.19. The zero-order chi connectivity index (χ0) is 25.7. The second-order valence-electron chi connectivity index (χ2n) is 8.87. The number of rotatable bonds is 9. The molecule has 0 saturated carbocycles. The average molecular weight is 506 g/mol. The van der Waals surface area contributed by atoms with Crippen LogP contribution < -0.4 is 15.5 Å². The first-order chi connectivity index (χ1) is 17.4. The van der Waals surface area contributed by atoms with Gasteiger partial charge in [-0.2, -0.15) is 0 Å². The number of carbonyl (C=O) groups excluding carboxylic acids is 3. The fourth-order valence-corrected chi connectivity index (χ4v) is 5.24. The Labute approximate surface area is 215 Å². The molecule has 1 saturated heterocycles. The van der Waals surface area contributed by atoms with E-state index in [1.807, 2.05) is 43.0 Å². The first kappa shape index (κ1) is 25.5. The number of para-hydroxylation sites is 1. The minimum atomic E-state index is -0.309. The van der Waals surface area contributed by atoms with E-state index in [-0.39, 0.29) is 29.6 Å². The van der Waals surface area contributed by atoms with Gasteiger partial charge < -0.3 is 10.2 Å². The van der Waals surface area contributed by atoms with Crippen LogP contribution in [0, 0.1) is 5.92 Å². The summed E-state index contributed by atoms with van der Waals surface area (Å²) in [5.74, 6) is -0.345. The van der Waals surface area contributed by atoms with Crippen molar-refractivity contribution in [3.05, 3.63) is 64.7 Å². The smallest absolute Gasteiger partial charge is 0.257 e. The summed E-state index contributed by atoms with van der Waals surface area (Å²) in [5, 5.41) is 15.2. The van der Waals surface area contributed by atoms with Crippen LogP contribution in [0.15, 0.2) is 48.5 Å². The van der Waals surface area contributed by atoms with Crippen molar-refractivity contribution >= 4 is 45.6 Å². The number of benzene rings is 2. The Bertz CT molecular complexity index is 1240. The molecule has 2 aromatic carbocycles. The second-order valence-corrected chi connectivity index (χ2v) is 9.88.